The highest BCUT2D eigenvalue weighted by molar-refractivity contribution is 6.38. The Bertz CT molecular complexity index is 966. The van der Waals surface area contributed by atoms with Gasteiger partial charge in [-0.05, 0) is 24.3 Å². The summed E-state index contributed by atoms with van der Waals surface area (Å²) in [6.07, 6.45) is 0. The minimum atomic E-state index is -0.372. The molecule has 1 fully saturated rings. The average molecular weight is 485 g/mol. The highest BCUT2D eigenvalue weighted by atomic mass is 35.5. The van der Waals surface area contributed by atoms with Crippen LogP contribution >= 0.6 is 34.8 Å². The van der Waals surface area contributed by atoms with Crippen LogP contribution in [0.5, 0.6) is 5.75 Å². The number of benzene rings is 2. The number of hydrogen-bond acceptors (Lipinski definition) is 4. The third-order valence-corrected chi connectivity index (χ3v) is 5.97. The Balaban J connectivity index is 1.81. The van der Waals surface area contributed by atoms with Crippen molar-refractivity contribution in [2.45, 2.75) is 13.8 Å². The summed E-state index contributed by atoms with van der Waals surface area (Å²) in [5.41, 5.74) is 1.60. The van der Waals surface area contributed by atoms with Crippen LogP contribution < -0.4 is 15.0 Å². The minimum absolute atomic E-state index is 0.0372. The van der Waals surface area contributed by atoms with Gasteiger partial charge in [0.05, 0.1) is 33.6 Å². The van der Waals surface area contributed by atoms with E-state index >= 15 is 0 Å². The molecule has 0 aromatic heterocycles. The monoisotopic (exact) mass is 483 g/mol. The zero-order valence-corrected chi connectivity index (χ0v) is 19.8. The molecule has 2 amide bonds. The van der Waals surface area contributed by atoms with E-state index in [0.29, 0.717) is 48.2 Å². The lowest BCUT2D eigenvalue weighted by molar-refractivity contribution is -0.134. The smallest absolute Gasteiger partial charge is 0.255 e. The van der Waals surface area contributed by atoms with Crippen molar-refractivity contribution in [1.82, 2.24) is 4.90 Å². The fourth-order valence-corrected chi connectivity index (χ4v) is 4.47. The Hall–Kier alpha value is -2.15. The number of carbonyl (C=O) groups excluding carboxylic acids is 2. The number of nitrogens with one attached hydrogen (secondary N) is 1. The summed E-state index contributed by atoms with van der Waals surface area (Å²) in [7, 11) is 1.46. The van der Waals surface area contributed by atoms with E-state index in [9.17, 15) is 9.59 Å². The standard InChI is InChI=1S/C22H24Cl3N3O3/c1-13(2)22(30)28-9-7-27(8-10-28)19-15(23)5-4-6-18(19)26-21(29)14-11-16(24)20(31-3)17(25)12-14/h4-6,11-13H,7-10H2,1-3H3,(H,26,29). The van der Waals surface area contributed by atoms with Gasteiger partial charge in [-0.15, -0.1) is 0 Å². The number of nitrogens with zero attached hydrogens (tertiary/aromatic N) is 2. The summed E-state index contributed by atoms with van der Waals surface area (Å²) < 4.78 is 5.14. The molecule has 0 atom stereocenters. The van der Waals surface area contributed by atoms with Crippen molar-refractivity contribution in [3.63, 3.8) is 0 Å². The quantitative estimate of drug-likeness (QED) is 0.633. The largest absolute Gasteiger partial charge is 0.494 e. The molecule has 0 radical (unpaired) electrons. The van der Waals surface area contributed by atoms with E-state index in [1.807, 2.05) is 18.7 Å². The van der Waals surface area contributed by atoms with Gasteiger partial charge in [-0.25, -0.2) is 0 Å². The summed E-state index contributed by atoms with van der Waals surface area (Å²) in [5, 5.41) is 3.92. The first kappa shape index (κ1) is 23.5. The van der Waals surface area contributed by atoms with E-state index in [0.717, 1.165) is 5.69 Å². The number of para-hydroxylation sites is 1. The fourth-order valence-electron chi connectivity index (χ4n) is 3.53. The number of amides is 2. The molecule has 1 aliphatic heterocycles. The van der Waals surface area contributed by atoms with Crippen molar-refractivity contribution in [1.29, 1.82) is 0 Å². The number of hydrogen-bond donors (Lipinski definition) is 1. The van der Waals surface area contributed by atoms with Gasteiger partial charge >= 0.3 is 0 Å². The maximum Gasteiger partial charge on any atom is 0.255 e. The van der Waals surface area contributed by atoms with E-state index in [-0.39, 0.29) is 27.8 Å². The molecule has 2 aromatic rings. The maximum absolute atomic E-state index is 12.9. The molecule has 1 heterocycles. The van der Waals surface area contributed by atoms with E-state index in [4.69, 9.17) is 39.5 Å². The molecule has 1 saturated heterocycles. The maximum atomic E-state index is 12.9. The normalized spacial score (nSPS) is 14.0. The Labute approximate surface area is 197 Å². The van der Waals surface area contributed by atoms with E-state index in [2.05, 4.69) is 10.2 Å². The van der Waals surface area contributed by atoms with Crippen LogP contribution in [0.1, 0.15) is 24.2 Å². The molecule has 2 aromatic carbocycles. The van der Waals surface area contributed by atoms with E-state index < -0.39 is 0 Å². The zero-order valence-electron chi connectivity index (χ0n) is 17.5. The number of carbonyl (C=O) groups is 2. The lowest BCUT2D eigenvalue weighted by atomic mass is 10.1. The lowest BCUT2D eigenvalue weighted by Crippen LogP contribution is -2.50. The van der Waals surface area contributed by atoms with Crippen LogP contribution in [0.3, 0.4) is 0 Å². The van der Waals surface area contributed by atoms with Crippen LogP contribution in [-0.4, -0.2) is 50.0 Å². The van der Waals surface area contributed by atoms with Gasteiger partial charge < -0.3 is 19.9 Å². The van der Waals surface area contributed by atoms with Crippen LogP contribution in [-0.2, 0) is 4.79 Å². The van der Waals surface area contributed by atoms with Crippen molar-refractivity contribution < 1.29 is 14.3 Å². The third-order valence-electron chi connectivity index (χ3n) is 5.10. The van der Waals surface area contributed by atoms with E-state index in [1.165, 1.54) is 19.2 Å². The molecule has 6 nitrogen and oxygen atoms in total. The Kier molecular flexibility index (Phi) is 7.57. The topological polar surface area (TPSA) is 61.9 Å². The second kappa shape index (κ2) is 9.98. The molecule has 0 aliphatic carbocycles. The molecule has 31 heavy (non-hydrogen) atoms. The van der Waals surface area contributed by atoms with Crippen LogP contribution in [0.2, 0.25) is 15.1 Å². The van der Waals surface area contributed by atoms with Crippen molar-refractivity contribution in [3.8, 4) is 5.75 Å². The van der Waals surface area contributed by atoms with Crippen molar-refractivity contribution in [2.75, 3.05) is 43.5 Å². The predicted octanol–water partition coefficient (Wildman–Crippen LogP) is 5.21. The Morgan fingerprint density at radius 2 is 1.61 bits per heavy atom. The van der Waals surface area contributed by atoms with Crippen molar-refractivity contribution in [3.05, 3.63) is 51.0 Å². The number of halogens is 3. The van der Waals surface area contributed by atoms with Gasteiger partial charge in [-0.1, -0.05) is 54.7 Å². The summed E-state index contributed by atoms with van der Waals surface area (Å²) in [5.74, 6) is 0.0474. The molecule has 0 unspecified atom stereocenters. The van der Waals surface area contributed by atoms with Crippen molar-refractivity contribution in [2.24, 2.45) is 5.92 Å². The molecule has 1 N–H and O–H groups in total. The van der Waals surface area contributed by atoms with Crippen LogP contribution in [0.15, 0.2) is 30.3 Å². The van der Waals surface area contributed by atoms with Crippen LogP contribution in [0.25, 0.3) is 0 Å². The second-order valence-corrected chi connectivity index (χ2v) is 8.75. The number of rotatable bonds is 5. The molecule has 0 saturated carbocycles. The first-order valence-electron chi connectivity index (χ1n) is 9.89. The van der Waals surface area contributed by atoms with Gasteiger partial charge in [0.1, 0.15) is 0 Å². The van der Waals surface area contributed by atoms with Crippen LogP contribution in [0, 0.1) is 5.92 Å². The molecule has 3 rings (SSSR count). The van der Waals surface area contributed by atoms with Gasteiger partial charge in [-0.3, -0.25) is 9.59 Å². The van der Waals surface area contributed by atoms with Gasteiger partial charge in [-0.2, -0.15) is 0 Å². The third kappa shape index (κ3) is 5.20. The van der Waals surface area contributed by atoms with Crippen molar-refractivity contribution >= 4 is 58.0 Å². The Morgan fingerprint density at radius 3 is 2.16 bits per heavy atom. The summed E-state index contributed by atoms with van der Waals surface area (Å²) in [4.78, 5) is 29.1. The number of ether oxygens (including phenoxy) is 1. The first-order chi connectivity index (χ1) is 14.7. The first-order valence-corrected chi connectivity index (χ1v) is 11.0. The second-order valence-electron chi connectivity index (χ2n) is 7.53. The average Bonchev–Trinajstić information content (AvgIpc) is 2.73. The number of piperazine rings is 1. The van der Waals surface area contributed by atoms with Gasteiger partial charge in [0, 0.05) is 37.7 Å². The molecule has 0 spiro atoms. The molecule has 166 valence electrons. The molecular formula is C22H24Cl3N3O3. The lowest BCUT2D eigenvalue weighted by Gasteiger charge is -2.38. The Morgan fingerprint density at radius 1 is 1.00 bits per heavy atom. The summed E-state index contributed by atoms with van der Waals surface area (Å²) in [6.45, 7) is 6.22. The summed E-state index contributed by atoms with van der Waals surface area (Å²) >= 11 is 18.8. The van der Waals surface area contributed by atoms with Crippen LogP contribution in [0.4, 0.5) is 11.4 Å². The SMILES string of the molecule is COc1c(Cl)cc(C(=O)Nc2cccc(Cl)c2N2CCN(C(=O)C(C)C)CC2)cc1Cl. The molecule has 9 heteroatoms. The molecule has 1 aliphatic rings. The van der Waals surface area contributed by atoms with Gasteiger partial charge in [0.15, 0.2) is 5.75 Å². The zero-order chi connectivity index (χ0) is 22.7. The highest BCUT2D eigenvalue weighted by Crippen LogP contribution is 2.37. The summed E-state index contributed by atoms with van der Waals surface area (Å²) in [6, 6.07) is 8.34. The van der Waals surface area contributed by atoms with Gasteiger partial charge in [0.25, 0.3) is 5.91 Å². The number of methoxy groups -OCH3 is 1. The molecule has 0 bridgehead atoms. The predicted molar refractivity (Wildman–Crippen MR) is 126 cm³/mol. The van der Waals surface area contributed by atoms with E-state index in [1.54, 1.807) is 18.2 Å². The minimum Gasteiger partial charge on any atom is -0.494 e. The fraction of sp³-hybridized carbons (Fsp3) is 0.364. The molecular weight excluding hydrogens is 461 g/mol. The van der Waals surface area contributed by atoms with Gasteiger partial charge in [0.2, 0.25) is 5.91 Å². The number of anilines is 2. The highest BCUT2D eigenvalue weighted by Gasteiger charge is 2.26.